The summed E-state index contributed by atoms with van der Waals surface area (Å²) in [5.41, 5.74) is 0.336. The Balaban J connectivity index is 2.14. The summed E-state index contributed by atoms with van der Waals surface area (Å²) in [6.07, 6.45) is -0.732. The van der Waals surface area contributed by atoms with Crippen molar-refractivity contribution in [2.75, 3.05) is 0 Å². The van der Waals surface area contributed by atoms with Gasteiger partial charge in [-0.05, 0) is 17.7 Å². The van der Waals surface area contributed by atoms with Crippen LogP contribution in [-0.4, -0.2) is 16.8 Å². The van der Waals surface area contributed by atoms with E-state index in [1.54, 1.807) is 18.2 Å². The average Bonchev–Trinajstić information content (AvgIpc) is 2.78. The molecule has 0 bridgehead atoms. The van der Waals surface area contributed by atoms with Gasteiger partial charge in [0.05, 0.1) is 5.57 Å². The summed E-state index contributed by atoms with van der Waals surface area (Å²) >= 11 is 0. The van der Waals surface area contributed by atoms with Crippen LogP contribution in [0.25, 0.3) is 5.76 Å². The van der Waals surface area contributed by atoms with Crippen LogP contribution in [-0.2, 0) is 4.79 Å². The van der Waals surface area contributed by atoms with Gasteiger partial charge >= 0.3 is 5.92 Å². The van der Waals surface area contributed by atoms with Crippen LogP contribution in [0.4, 0.5) is 13.2 Å². The molecule has 118 valence electrons. The second-order valence-electron chi connectivity index (χ2n) is 5.47. The first kappa shape index (κ1) is 15.3. The Morgan fingerprint density at radius 3 is 2.26 bits per heavy atom. The van der Waals surface area contributed by atoms with E-state index >= 15 is 0 Å². The van der Waals surface area contributed by atoms with Gasteiger partial charge in [0.25, 0.3) is 0 Å². The number of hydrogen-bond donors (Lipinski definition) is 1. The van der Waals surface area contributed by atoms with E-state index in [4.69, 9.17) is 0 Å². The van der Waals surface area contributed by atoms with Gasteiger partial charge in [0.1, 0.15) is 11.6 Å². The lowest BCUT2D eigenvalue weighted by atomic mass is 9.91. The maximum absolute atomic E-state index is 13.9. The minimum absolute atomic E-state index is 0.292. The predicted octanol–water partition coefficient (Wildman–Crippen LogP) is 4.49. The molecule has 1 unspecified atom stereocenters. The molecule has 0 aromatic heterocycles. The highest BCUT2D eigenvalue weighted by Crippen LogP contribution is 2.47. The molecule has 1 atom stereocenters. The maximum Gasteiger partial charge on any atom is 0.310 e. The highest BCUT2D eigenvalue weighted by Gasteiger charge is 2.53. The van der Waals surface area contributed by atoms with Crippen LogP contribution in [0.1, 0.15) is 23.5 Å². The van der Waals surface area contributed by atoms with Crippen LogP contribution in [0, 0.1) is 5.82 Å². The number of ketones is 1. The van der Waals surface area contributed by atoms with Crippen LogP contribution in [0.2, 0.25) is 0 Å². The number of carbonyl (C=O) groups excluding carboxylic acids is 1. The van der Waals surface area contributed by atoms with E-state index < -0.39 is 35.6 Å². The molecular weight excluding hydrogens is 305 g/mol. The summed E-state index contributed by atoms with van der Waals surface area (Å²) in [5, 5.41) is 10.4. The lowest BCUT2D eigenvalue weighted by Gasteiger charge is -2.13. The first-order valence-electron chi connectivity index (χ1n) is 7.07. The summed E-state index contributed by atoms with van der Waals surface area (Å²) in [4.78, 5) is 12.1. The third kappa shape index (κ3) is 2.74. The number of alkyl halides is 2. The summed E-state index contributed by atoms with van der Waals surface area (Å²) in [6.45, 7) is 0. The van der Waals surface area contributed by atoms with Crippen molar-refractivity contribution in [2.45, 2.75) is 18.3 Å². The quantitative estimate of drug-likeness (QED) is 0.654. The standard InChI is InChI=1S/C18H13F3O2/c19-13-8-6-11(7-9-13)14-10-18(20,21)17(23)15(14)16(22)12-4-2-1-3-5-12/h1-9,14,22H,10H2/b16-15+. The van der Waals surface area contributed by atoms with Crippen molar-refractivity contribution in [1.82, 2.24) is 0 Å². The van der Waals surface area contributed by atoms with E-state index in [1.807, 2.05) is 0 Å². The largest absolute Gasteiger partial charge is 0.507 e. The number of rotatable bonds is 2. The molecule has 1 saturated carbocycles. The third-order valence-electron chi connectivity index (χ3n) is 3.96. The van der Waals surface area contributed by atoms with Gasteiger partial charge in [-0.15, -0.1) is 0 Å². The fourth-order valence-corrected chi connectivity index (χ4v) is 2.81. The van der Waals surface area contributed by atoms with Gasteiger partial charge in [-0.2, -0.15) is 8.78 Å². The number of carbonyl (C=O) groups is 1. The molecule has 2 aromatic rings. The minimum Gasteiger partial charge on any atom is -0.507 e. The van der Waals surface area contributed by atoms with Crippen molar-refractivity contribution in [3.8, 4) is 0 Å². The van der Waals surface area contributed by atoms with E-state index in [1.165, 1.54) is 24.3 Å². The second-order valence-corrected chi connectivity index (χ2v) is 5.47. The monoisotopic (exact) mass is 318 g/mol. The summed E-state index contributed by atoms with van der Waals surface area (Å²) in [5.74, 6) is -6.85. The third-order valence-corrected chi connectivity index (χ3v) is 3.96. The average molecular weight is 318 g/mol. The topological polar surface area (TPSA) is 37.3 Å². The summed E-state index contributed by atoms with van der Waals surface area (Å²) in [7, 11) is 0. The zero-order valence-electron chi connectivity index (χ0n) is 12.0. The Morgan fingerprint density at radius 2 is 1.65 bits per heavy atom. The van der Waals surface area contributed by atoms with Crippen molar-refractivity contribution >= 4 is 11.5 Å². The number of aliphatic hydroxyl groups excluding tert-OH is 1. The summed E-state index contributed by atoms with van der Waals surface area (Å²) < 4.78 is 40.9. The van der Waals surface area contributed by atoms with E-state index in [0.717, 1.165) is 12.1 Å². The molecule has 5 heteroatoms. The maximum atomic E-state index is 13.9. The van der Waals surface area contributed by atoms with Crippen LogP contribution in [0.5, 0.6) is 0 Å². The number of halogens is 3. The Hall–Kier alpha value is -2.56. The van der Waals surface area contributed by atoms with Gasteiger partial charge in [-0.25, -0.2) is 4.39 Å². The van der Waals surface area contributed by atoms with Gasteiger partial charge in [0.15, 0.2) is 0 Å². The molecular formula is C18H13F3O2. The number of hydrogen-bond acceptors (Lipinski definition) is 2. The Bertz CT molecular complexity index is 765. The molecule has 23 heavy (non-hydrogen) atoms. The van der Waals surface area contributed by atoms with Gasteiger partial charge in [-0.3, -0.25) is 4.79 Å². The molecule has 0 spiro atoms. The number of allylic oxidation sites excluding steroid dienone is 1. The van der Waals surface area contributed by atoms with Crippen molar-refractivity contribution in [2.24, 2.45) is 0 Å². The SMILES string of the molecule is O=C1/C(=C(/O)c2ccccc2)C(c2ccc(F)cc2)CC1(F)F. The second kappa shape index (κ2) is 5.57. The lowest BCUT2D eigenvalue weighted by Crippen LogP contribution is -2.22. The van der Waals surface area contributed by atoms with Crippen molar-refractivity contribution < 1.29 is 23.1 Å². The number of aliphatic hydroxyl groups is 1. The molecule has 0 heterocycles. The number of Topliss-reactive ketones (excluding diaryl/α,β-unsaturated/α-hetero) is 1. The van der Waals surface area contributed by atoms with Crippen molar-refractivity contribution in [3.05, 3.63) is 77.1 Å². The molecule has 0 aliphatic heterocycles. The van der Waals surface area contributed by atoms with E-state index in [2.05, 4.69) is 0 Å². The fraction of sp³-hybridized carbons (Fsp3) is 0.167. The Kier molecular flexibility index (Phi) is 3.72. The fourth-order valence-electron chi connectivity index (χ4n) is 2.81. The lowest BCUT2D eigenvalue weighted by molar-refractivity contribution is -0.135. The Labute approximate surface area is 130 Å². The van der Waals surface area contributed by atoms with E-state index in [9.17, 15) is 23.1 Å². The molecule has 0 saturated heterocycles. The van der Waals surface area contributed by atoms with Crippen LogP contribution >= 0.6 is 0 Å². The van der Waals surface area contributed by atoms with E-state index in [-0.39, 0.29) is 5.57 Å². The molecule has 2 aromatic carbocycles. The highest BCUT2D eigenvalue weighted by atomic mass is 19.3. The zero-order valence-corrected chi connectivity index (χ0v) is 12.0. The van der Waals surface area contributed by atoms with Gasteiger partial charge in [-0.1, -0.05) is 42.5 Å². The zero-order chi connectivity index (χ0) is 16.6. The first-order valence-corrected chi connectivity index (χ1v) is 7.07. The van der Waals surface area contributed by atoms with Crippen LogP contribution < -0.4 is 0 Å². The molecule has 1 N–H and O–H groups in total. The smallest absolute Gasteiger partial charge is 0.310 e. The normalized spacial score (nSPS) is 22.2. The highest BCUT2D eigenvalue weighted by molar-refractivity contribution is 6.09. The van der Waals surface area contributed by atoms with Crippen LogP contribution in [0.15, 0.2) is 60.2 Å². The molecule has 1 fully saturated rings. The Morgan fingerprint density at radius 1 is 1.04 bits per heavy atom. The molecule has 1 aliphatic carbocycles. The van der Waals surface area contributed by atoms with E-state index in [0.29, 0.717) is 11.1 Å². The molecule has 1 aliphatic rings. The van der Waals surface area contributed by atoms with Gasteiger partial charge < -0.3 is 5.11 Å². The van der Waals surface area contributed by atoms with Crippen molar-refractivity contribution in [1.29, 1.82) is 0 Å². The number of benzene rings is 2. The van der Waals surface area contributed by atoms with Crippen molar-refractivity contribution in [3.63, 3.8) is 0 Å². The van der Waals surface area contributed by atoms with Gasteiger partial charge in [0.2, 0.25) is 5.78 Å². The molecule has 0 amide bonds. The minimum atomic E-state index is -3.54. The van der Waals surface area contributed by atoms with Gasteiger partial charge in [0, 0.05) is 17.9 Å². The molecule has 2 nitrogen and oxygen atoms in total. The predicted molar refractivity (Wildman–Crippen MR) is 79.7 cm³/mol. The first-order chi connectivity index (χ1) is 10.9. The molecule has 0 radical (unpaired) electrons. The van der Waals surface area contributed by atoms with Crippen LogP contribution in [0.3, 0.4) is 0 Å². The summed E-state index contributed by atoms with van der Waals surface area (Å²) in [6, 6.07) is 13.1. The molecule has 3 rings (SSSR count).